The molecule has 0 aliphatic heterocycles. The second-order valence-corrected chi connectivity index (χ2v) is 9.77. The molecular weight excluding hydrogens is 362 g/mol. The molecule has 1 aromatic rings. The first-order chi connectivity index (χ1) is 12.9. The van der Waals surface area contributed by atoms with Crippen LogP contribution in [0.5, 0.6) is 0 Å². The molecule has 5 fully saturated rings. The van der Waals surface area contributed by atoms with Crippen molar-refractivity contribution in [3.05, 3.63) is 29.3 Å². The molecule has 5 nitrogen and oxygen atoms in total. The van der Waals surface area contributed by atoms with Gasteiger partial charge < -0.3 is 16.4 Å². The summed E-state index contributed by atoms with van der Waals surface area (Å²) in [6, 6.07) is 7.70. The Labute approximate surface area is 164 Å². The Kier molecular flexibility index (Phi) is 3.77. The summed E-state index contributed by atoms with van der Waals surface area (Å²) in [5, 5.41) is 7.43. The monoisotopic (exact) mass is 387 g/mol. The first kappa shape index (κ1) is 17.4. The van der Waals surface area contributed by atoms with Crippen LogP contribution in [-0.2, 0) is 9.59 Å². The number of carbonyl (C=O) groups excluding carboxylic acids is 2. The van der Waals surface area contributed by atoms with Crippen molar-refractivity contribution in [3.63, 3.8) is 0 Å². The van der Waals surface area contributed by atoms with Crippen LogP contribution in [0.15, 0.2) is 24.3 Å². The number of rotatable bonds is 5. The lowest BCUT2D eigenvalue weighted by Gasteiger charge is -2.59. The van der Waals surface area contributed by atoms with Crippen molar-refractivity contribution < 1.29 is 9.59 Å². The average Bonchev–Trinajstić information content (AvgIpc) is 3.38. The Morgan fingerprint density at radius 3 is 2.41 bits per heavy atom. The molecule has 144 valence electrons. The first-order valence-corrected chi connectivity index (χ1v) is 10.4. The third-order valence-electron chi connectivity index (χ3n) is 7.49. The number of amides is 2. The number of nitrogens with two attached hydrogens (primary N) is 1. The van der Waals surface area contributed by atoms with E-state index in [1.54, 1.807) is 0 Å². The van der Waals surface area contributed by atoms with E-state index >= 15 is 0 Å². The van der Waals surface area contributed by atoms with E-state index in [-0.39, 0.29) is 23.3 Å². The largest absolute Gasteiger partial charge is 0.371 e. The Hall–Kier alpha value is -1.75. The normalized spacial score (nSPS) is 37.7. The molecule has 0 radical (unpaired) electrons. The number of nitrogens with one attached hydrogen (secondary N) is 2. The summed E-state index contributed by atoms with van der Waals surface area (Å²) in [4.78, 5) is 25.2. The van der Waals surface area contributed by atoms with Gasteiger partial charge in [-0.3, -0.25) is 9.59 Å². The van der Waals surface area contributed by atoms with Crippen molar-refractivity contribution in [3.8, 4) is 0 Å². The molecule has 0 saturated heterocycles. The molecule has 5 aliphatic carbocycles. The molecular formula is C21H26ClN3O2. The van der Waals surface area contributed by atoms with Gasteiger partial charge >= 0.3 is 0 Å². The number of hydrogen-bond acceptors (Lipinski definition) is 3. The number of benzene rings is 1. The van der Waals surface area contributed by atoms with Crippen molar-refractivity contribution in [1.29, 1.82) is 0 Å². The summed E-state index contributed by atoms with van der Waals surface area (Å²) in [5.74, 6) is 1.33. The fourth-order valence-corrected chi connectivity index (χ4v) is 6.42. The van der Waals surface area contributed by atoms with Crippen LogP contribution in [0.25, 0.3) is 0 Å². The van der Waals surface area contributed by atoms with Gasteiger partial charge in [-0.1, -0.05) is 17.7 Å². The fraction of sp³-hybridized carbons (Fsp3) is 0.619. The maximum absolute atomic E-state index is 13.1. The number of hydrogen-bond donors (Lipinski definition) is 3. The predicted molar refractivity (Wildman–Crippen MR) is 104 cm³/mol. The summed E-state index contributed by atoms with van der Waals surface area (Å²) < 4.78 is 0. The van der Waals surface area contributed by atoms with Crippen molar-refractivity contribution in [2.24, 2.45) is 28.9 Å². The van der Waals surface area contributed by atoms with E-state index in [0.29, 0.717) is 22.8 Å². The minimum Gasteiger partial charge on any atom is -0.371 e. The minimum atomic E-state index is -0.513. The molecule has 0 aromatic heterocycles. The van der Waals surface area contributed by atoms with Crippen LogP contribution in [0.2, 0.25) is 5.02 Å². The van der Waals surface area contributed by atoms with E-state index in [0.717, 1.165) is 50.6 Å². The second-order valence-electron chi connectivity index (χ2n) is 9.33. The van der Waals surface area contributed by atoms with Gasteiger partial charge in [-0.25, -0.2) is 0 Å². The van der Waals surface area contributed by atoms with Gasteiger partial charge in [0.05, 0.1) is 0 Å². The highest BCUT2D eigenvalue weighted by molar-refractivity contribution is 6.30. The summed E-state index contributed by atoms with van der Waals surface area (Å²) in [7, 11) is 0. The molecule has 0 spiro atoms. The summed E-state index contributed by atoms with van der Waals surface area (Å²) in [5.41, 5.74) is 5.83. The molecule has 27 heavy (non-hydrogen) atoms. The maximum Gasteiger partial charge on any atom is 0.245 e. The predicted octanol–water partition coefficient (Wildman–Crippen LogP) is 3.08. The minimum absolute atomic E-state index is 0.0908. The quantitative estimate of drug-likeness (QED) is 0.725. The Balaban J connectivity index is 1.30. The molecule has 0 heterocycles. The molecule has 6 rings (SSSR count). The Morgan fingerprint density at radius 2 is 1.81 bits per heavy atom. The van der Waals surface area contributed by atoms with E-state index in [1.807, 2.05) is 24.3 Å². The van der Waals surface area contributed by atoms with Crippen LogP contribution in [0, 0.1) is 23.2 Å². The molecule has 6 heteroatoms. The summed E-state index contributed by atoms with van der Waals surface area (Å²) in [6.07, 6.45) is 6.54. The third kappa shape index (κ3) is 2.82. The van der Waals surface area contributed by atoms with Gasteiger partial charge in [0.25, 0.3) is 0 Å². The second kappa shape index (κ2) is 5.87. The number of anilines is 1. The van der Waals surface area contributed by atoms with Crippen LogP contribution in [0.3, 0.4) is 0 Å². The van der Waals surface area contributed by atoms with Crippen LogP contribution >= 0.6 is 11.6 Å². The van der Waals surface area contributed by atoms with E-state index in [9.17, 15) is 9.59 Å². The Morgan fingerprint density at radius 1 is 1.11 bits per heavy atom. The lowest BCUT2D eigenvalue weighted by molar-refractivity contribution is -0.147. The fourth-order valence-electron chi connectivity index (χ4n) is 6.23. The molecule has 2 atom stereocenters. The van der Waals surface area contributed by atoms with E-state index in [2.05, 4.69) is 10.6 Å². The Bertz CT molecular complexity index is 790. The zero-order valence-electron chi connectivity index (χ0n) is 15.3. The van der Waals surface area contributed by atoms with Crippen LogP contribution < -0.4 is 16.4 Å². The van der Waals surface area contributed by atoms with Gasteiger partial charge in [-0.15, -0.1) is 0 Å². The van der Waals surface area contributed by atoms with Gasteiger partial charge in [-0.05, 0) is 80.9 Å². The van der Waals surface area contributed by atoms with Crippen LogP contribution in [0.4, 0.5) is 5.69 Å². The molecule has 1 aromatic carbocycles. The zero-order valence-corrected chi connectivity index (χ0v) is 16.1. The molecule has 2 unspecified atom stereocenters. The van der Waals surface area contributed by atoms with Crippen molar-refractivity contribution >= 4 is 29.1 Å². The number of carbonyl (C=O) groups is 2. The van der Waals surface area contributed by atoms with Gasteiger partial charge in [0.2, 0.25) is 11.8 Å². The van der Waals surface area contributed by atoms with E-state index < -0.39 is 5.54 Å². The van der Waals surface area contributed by atoms with Gasteiger partial charge in [0.15, 0.2) is 0 Å². The highest BCUT2D eigenvalue weighted by Gasteiger charge is 2.59. The SMILES string of the molecule is NC(=O)C12CC3CC(C1)C(NC(=O)C1(Nc4cccc(Cl)c4)CC1)C(C3)C2. The summed E-state index contributed by atoms with van der Waals surface area (Å²) >= 11 is 6.07. The third-order valence-corrected chi connectivity index (χ3v) is 7.72. The lowest BCUT2D eigenvalue weighted by Crippen LogP contribution is -2.63. The molecule has 2 amide bonds. The zero-order chi connectivity index (χ0) is 18.8. The van der Waals surface area contributed by atoms with Crippen molar-refractivity contribution in [1.82, 2.24) is 5.32 Å². The first-order valence-electron chi connectivity index (χ1n) is 10.0. The van der Waals surface area contributed by atoms with Crippen LogP contribution in [0.1, 0.15) is 44.9 Å². The van der Waals surface area contributed by atoms with Gasteiger partial charge in [0, 0.05) is 22.2 Å². The number of halogens is 1. The maximum atomic E-state index is 13.1. The van der Waals surface area contributed by atoms with Gasteiger partial charge in [-0.2, -0.15) is 0 Å². The molecule has 5 aliphatic rings. The topological polar surface area (TPSA) is 84.2 Å². The van der Waals surface area contributed by atoms with E-state index in [1.165, 1.54) is 0 Å². The lowest BCUT2D eigenvalue weighted by atomic mass is 9.47. The average molecular weight is 388 g/mol. The van der Waals surface area contributed by atoms with Crippen molar-refractivity contribution in [2.75, 3.05) is 5.32 Å². The molecule has 4 N–H and O–H groups in total. The standard InChI is InChI=1S/C21H26ClN3O2/c22-15-2-1-3-16(8-15)25-21(4-5-21)19(27)24-17-13-6-12-7-14(17)11-20(9-12,10-13)18(23)26/h1-3,8,12-14,17,25H,4-7,9-11H2,(H2,23,26)(H,24,27). The molecule has 5 saturated carbocycles. The van der Waals surface area contributed by atoms with Crippen molar-refractivity contribution in [2.45, 2.75) is 56.5 Å². The summed E-state index contributed by atoms with van der Waals surface area (Å²) in [6.45, 7) is 0. The van der Waals surface area contributed by atoms with Crippen LogP contribution in [-0.4, -0.2) is 23.4 Å². The van der Waals surface area contributed by atoms with E-state index in [4.69, 9.17) is 17.3 Å². The van der Waals surface area contributed by atoms with Gasteiger partial charge in [0.1, 0.15) is 5.54 Å². The number of primary amides is 1. The molecule has 4 bridgehead atoms. The smallest absolute Gasteiger partial charge is 0.245 e. The highest BCUT2D eigenvalue weighted by atomic mass is 35.5. The highest BCUT2D eigenvalue weighted by Crippen LogP contribution is 2.60.